The Labute approximate surface area is 125 Å². The standard InChI is InChI=1S/C14H21N3O2.ClH/c1-2-19-13-6-4-3-5-12(13)16-14(18)10-17-8-7-11(15)9-17;/h3-6,11H,2,7-10,15H2,1H3,(H,16,18);1H/t11-;/m0./s1. The number of likely N-dealkylation sites (tertiary alicyclic amines) is 1. The van der Waals surface area contributed by atoms with Crippen molar-refractivity contribution < 1.29 is 9.53 Å². The van der Waals surface area contributed by atoms with Crippen LogP contribution in [0, 0.1) is 0 Å². The summed E-state index contributed by atoms with van der Waals surface area (Å²) >= 11 is 0. The van der Waals surface area contributed by atoms with E-state index in [0.717, 1.165) is 25.2 Å². The van der Waals surface area contributed by atoms with Crippen LogP contribution >= 0.6 is 12.4 Å². The van der Waals surface area contributed by atoms with Gasteiger partial charge in [-0.2, -0.15) is 0 Å². The minimum absolute atomic E-state index is 0. The molecule has 0 bridgehead atoms. The zero-order valence-electron chi connectivity index (χ0n) is 11.7. The number of nitrogens with one attached hydrogen (secondary N) is 1. The van der Waals surface area contributed by atoms with Crippen LogP contribution in [0.4, 0.5) is 5.69 Å². The molecule has 1 fully saturated rings. The molecule has 112 valence electrons. The highest BCUT2D eigenvalue weighted by Gasteiger charge is 2.21. The van der Waals surface area contributed by atoms with Crippen molar-refractivity contribution in [1.82, 2.24) is 4.90 Å². The van der Waals surface area contributed by atoms with E-state index >= 15 is 0 Å². The van der Waals surface area contributed by atoms with Gasteiger partial charge in [0, 0.05) is 19.1 Å². The van der Waals surface area contributed by atoms with Crippen LogP contribution in [0.3, 0.4) is 0 Å². The molecule has 1 aliphatic heterocycles. The summed E-state index contributed by atoms with van der Waals surface area (Å²) in [5.74, 6) is 0.678. The summed E-state index contributed by atoms with van der Waals surface area (Å²) in [4.78, 5) is 14.1. The molecule has 6 heteroatoms. The summed E-state index contributed by atoms with van der Waals surface area (Å²) in [5, 5.41) is 2.89. The zero-order valence-corrected chi connectivity index (χ0v) is 12.5. The van der Waals surface area contributed by atoms with Crippen LogP contribution in [0.1, 0.15) is 13.3 Å². The van der Waals surface area contributed by atoms with Crippen LogP contribution in [0.5, 0.6) is 5.75 Å². The van der Waals surface area contributed by atoms with Crippen molar-refractivity contribution in [2.75, 3.05) is 31.6 Å². The van der Waals surface area contributed by atoms with E-state index < -0.39 is 0 Å². The van der Waals surface area contributed by atoms with Gasteiger partial charge in [0.25, 0.3) is 0 Å². The minimum atomic E-state index is -0.0266. The van der Waals surface area contributed by atoms with E-state index in [1.807, 2.05) is 31.2 Å². The van der Waals surface area contributed by atoms with Gasteiger partial charge in [0.1, 0.15) is 5.75 Å². The molecule has 1 aromatic rings. The predicted octanol–water partition coefficient (Wildman–Crippen LogP) is 1.48. The smallest absolute Gasteiger partial charge is 0.238 e. The molecule has 5 nitrogen and oxygen atoms in total. The van der Waals surface area contributed by atoms with Crippen LogP contribution in [-0.4, -0.2) is 43.1 Å². The first-order valence-corrected chi connectivity index (χ1v) is 6.68. The molecule has 0 saturated carbocycles. The van der Waals surface area contributed by atoms with Gasteiger partial charge in [-0.3, -0.25) is 9.69 Å². The molecular weight excluding hydrogens is 278 g/mol. The van der Waals surface area contributed by atoms with Gasteiger partial charge in [-0.15, -0.1) is 12.4 Å². The number of amides is 1. The van der Waals surface area contributed by atoms with E-state index in [4.69, 9.17) is 10.5 Å². The number of hydrogen-bond acceptors (Lipinski definition) is 4. The van der Waals surface area contributed by atoms with Crippen LogP contribution in [0.25, 0.3) is 0 Å². The molecule has 1 amide bonds. The van der Waals surface area contributed by atoms with Crippen molar-refractivity contribution in [2.45, 2.75) is 19.4 Å². The second-order valence-corrected chi connectivity index (χ2v) is 4.76. The fourth-order valence-electron chi connectivity index (χ4n) is 2.25. The van der Waals surface area contributed by atoms with E-state index in [-0.39, 0.29) is 24.4 Å². The molecule has 1 heterocycles. The molecule has 1 atom stereocenters. The lowest BCUT2D eigenvalue weighted by molar-refractivity contribution is -0.117. The van der Waals surface area contributed by atoms with E-state index in [1.165, 1.54) is 0 Å². The molecule has 0 radical (unpaired) electrons. The average molecular weight is 300 g/mol. The van der Waals surface area contributed by atoms with Gasteiger partial charge in [-0.1, -0.05) is 12.1 Å². The fourth-order valence-corrected chi connectivity index (χ4v) is 2.25. The first kappa shape index (κ1) is 16.8. The fraction of sp³-hybridized carbons (Fsp3) is 0.500. The molecule has 0 aliphatic carbocycles. The molecule has 0 unspecified atom stereocenters. The highest BCUT2D eigenvalue weighted by atomic mass is 35.5. The number of hydrogen-bond donors (Lipinski definition) is 2. The maximum Gasteiger partial charge on any atom is 0.238 e. The Kier molecular flexibility index (Phi) is 6.78. The second kappa shape index (κ2) is 8.09. The molecule has 1 aliphatic rings. The Morgan fingerprint density at radius 1 is 1.50 bits per heavy atom. The third-order valence-corrected chi connectivity index (χ3v) is 3.14. The van der Waals surface area contributed by atoms with Gasteiger partial charge in [0.2, 0.25) is 5.91 Å². The monoisotopic (exact) mass is 299 g/mol. The zero-order chi connectivity index (χ0) is 13.7. The highest BCUT2D eigenvalue weighted by Crippen LogP contribution is 2.23. The van der Waals surface area contributed by atoms with Gasteiger partial charge in [-0.05, 0) is 25.5 Å². The second-order valence-electron chi connectivity index (χ2n) is 4.76. The topological polar surface area (TPSA) is 67.6 Å². The SMILES string of the molecule is CCOc1ccccc1NC(=O)CN1CC[C@H](N)C1.Cl. The number of carbonyl (C=O) groups excluding carboxylic acids is 1. The first-order chi connectivity index (χ1) is 9.19. The van der Waals surface area contributed by atoms with E-state index in [2.05, 4.69) is 10.2 Å². The normalized spacial score (nSPS) is 18.4. The quantitative estimate of drug-likeness (QED) is 0.864. The lowest BCUT2D eigenvalue weighted by Crippen LogP contribution is -2.33. The summed E-state index contributed by atoms with van der Waals surface area (Å²) in [7, 11) is 0. The largest absolute Gasteiger partial charge is 0.492 e. The van der Waals surface area contributed by atoms with Gasteiger partial charge in [-0.25, -0.2) is 0 Å². The molecule has 3 N–H and O–H groups in total. The van der Waals surface area contributed by atoms with E-state index in [9.17, 15) is 4.79 Å². The van der Waals surface area contributed by atoms with Crippen LogP contribution in [0.2, 0.25) is 0 Å². The number of ether oxygens (including phenoxy) is 1. The maximum absolute atomic E-state index is 12.0. The van der Waals surface area contributed by atoms with Crippen molar-refractivity contribution in [3.8, 4) is 5.75 Å². The summed E-state index contributed by atoms with van der Waals surface area (Å²) in [6.45, 7) is 4.56. The highest BCUT2D eigenvalue weighted by molar-refractivity contribution is 5.93. The summed E-state index contributed by atoms with van der Waals surface area (Å²) in [6.07, 6.45) is 0.961. The maximum atomic E-state index is 12.0. The molecule has 20 heavy (non-hydrogen) atoms. The Balaban J connectivity index is 0.00000200. The molecule has 0 aromatic heterocycles. The van der Waals surface area contributed by atoms with Gasteiger partial charge in [0.05, 0.1) is 18.8 Å². The molecule has 2 rings (SSSR count). The molecule has 1 aromatic carbocycles. The Morgan fingerprint density at radius 3 is 2.90 bits per heavy atom. The molecule has 1 saturated heterocycles. The Bertz CT molecular complexity index is 442. The van der Waals surface area contributed by atoms with Gasteiger partial charge in [0.15, 0.2) is 0 Å². The predicted molar refractivity (Wildman–Crippen MR) is 82.5 cm³/mol. The molecular formula is C14H22ClN3O2. The number of halogens is 1. The third-order valence-electron chi connectivity index (χ3n) is 3.14. The Hall–Kier alpha value is -1.30. The number of para-hydroxylation sites is 2. The summed E-state index contributed by atoms with van der Waals surface area (Å²) < 4.78 is 5.48. The van der Waals surface area contributed by atoms with Crippen molar-refractivity contribution in [3.63, 3.8) is 0 Å². The number of anilines is 1. The van der Waals surface area contributed by atoms with Gasteiger partial charge < -0.3 is 15.8 Å². The van der Waals surface area contributed by atoms with E-state index in [0.29, 0.717) is 18.9 Å². The van der Waals surface area contributed by atoms with Crippen LogP contribution < -0.4 is 15.8 Å². The van der Waals surface area contributed by atoms with Crippen molar-refractivity contribution >= 4 is 24.0 Å². The minimum Gasteiger partial charge on any atom is -0.492 e. The molecule has 0 spiro atoms. The lowest BCUT2D eigenvalue weighted by atomic mass is 10.3. The number of rotatable bonds is 5. The number of nitrogens with two attached hydrogens (primary N) is 1. The van der Waals surface area contributed by atoms with Crippen molar-refractivity contribution in [3.05, 3.63) is 24.3 Å². The van der Waals surface area contributed by atoms with Gasteiger partial charge >= 0.3 is 0 Å². The lowest BCUT2D eigenvalue weighted by Gasteiger charge is -2.16. The van der Waals surface area contributed by atoms with Crippen molar-refractivity contribution in [2.24, 2.45) is 5.73 Å². The van der Waals surface area contributed by atoms with Crippen LogP contribution in [0.15, 0.2) is 24.3 Å². The summed E-state index contributed by atoms with van der Waals surface area (Å²) in [5.41, 5.74) is 6.54. The summed E-state index contributed by atoms with van der Waals surface area (Å²) in [6, 6.07) is 7.66. The van der Waals surface area contributed by atoms with Crippen LogP contribution in [-0.2, 0) is 4.79 Å². The first-order valence-electron chi connectivity index (χ1n) is 6.68. The van der Waals surface area contributed by atoms with Crippen molar-refractivity contribution in [1.29, 1.82) is 0 Å². The number of nitrogens with zero attached hydrogens (tertiary/aromatic N) is 1. The average Bonchev–Trinajstić information content (AvgIpc) is 2.77. The number of benzene rings is 1. The Morgan fingerprint density at radius 2 is 2.25 bits per heavy atom. The number of carbonyl (C=O) groups is 1. The van der Waals surface area contributed by atoms with E-state index in [1.54, 1.807) is 0 Å². The third kappa shape index (κ3) is 4.67.